The van der Waals surface area contributed by atoms with Crippen LogP contribution in [0.3, 0.4) is 0 Å². The van der Waals surface area contributed by atoms with Crippen LogP contribution in [0, 0.1) is 5.82 Å². The predicted molar refractivity (Wildman–Crippen MR) is 76.7 cm³/mol. The van der Waals surface area contributed by atoms with Gasteiger partial charge in [-0.05, 0) is 17.7 Å². The molecule has 2 amide bonds. The molecule has 1 aliphatic heterocycles. The number of β-amino-alcohol motifs (C(OH)–C–C–N with tert-alkyl or cyclic N) is 1. The summed E-state index contributed by atoms with van der Waals surface area (Å²) in [6.07, 6.45) is -0.645. The molecule has 9 heteroatoms. The van der Waals surface area contributed by atoms with Crippen LogP contribution in [0.1, 0.15) is 18.9 Å². The molecule has 132 valence electrons. The number of nitrogens with one attached hydrogen (secondary N) is 1. The fourth-order valence-electron chi connectivity index (χ4n) is 2.56. The number of hydrogen-bond donors (Lipinski definition) is 2. The molecule has 2 N–H and O–H groups in total. The predicted octanol–water partition coefficient (Wildman–Crippen LogP) is 1.02. The number of amides is 2. The number of halogens is 3. The molecular formula is C15H17F3N2O4. The normalized spacial score (nSPS) is 20.3. The van der Waals surface area contributed by atoms with Crippen LogP contribution in [0.4, 0.5) is 13.2 Å². The van der Waals surface area contributed by atoms with Crippen molar-refractivity contribution in [2.75, 3.05) is 6.54 Å². The monoisotopic (exact) mass is 346 g/mol. The maximum absolute atomic E-state index is 13.6. The van der Waals surface area contributed by atoms with E-state index in [4.69, 9.17) is 0 Å². The lowest BCUT2D eigenvalue weighted by atomic mass is 10.1. The average molecular weight is 346 g/mol. The summed E-state index contributed by atoms with van der Waals surface area (Å²) in [5, 5.41) is 12.1. The van der Waals surface area contributed by atoms with Crippen LogP contribution in [0.2, 0.25) is 0 Å². The minimum absolute atomic E-state index is 0.0525. The molecule has 1 aromatic rings. The van der Waals surface area contributed by atoms with Gasteiger partial charge in [0.25, 0.3) is 0 Å². The summed E-state index contributed by atoms with van der Waals surface area (Å²) in [6, 6.07) is 2.57. The molecule has 0 aliphatic carbocycles. The Balaban J connectivity index is 1.96. The molecule has 0 radical (unpaired) electrons. The van der Waals surface area contributed by atoms with Gasteiger partial charge in [0, 0.05) is 26.4 Å². The highest BCUT2D eigenvalue weighted by molar-refractivity contribution is 5.87. The number of ether oxygens (including phenoxy) is 1. The van der Waals surface area contributed by atoms with Gasteiger partial charge in [-0.25, -0.2) is 4.39 Å². The van der Waals surface area contributed by atoms with Gasteiger partial charge in [0.15, 0.2) is 11.6 Å². The van der Waals surface area contributed by atoms with E-state index < -0.39 is 36.2 Å². The van der Waals surface area contributed by atoms with Crippen LogP contribution >= 0.6 is 0 Å². The second kappa shape index (κ2) is 7.52. The number of likely N-dealkylation sites (tertiary alicyclic amines) is 1. The van der Waals surface area contributed by atoms with Crippen LogP contribution in [0.25, 0.3) is 0 Å². The second-order valence-corrected chi connectivity index (χ2v) is 5.44. The van der Waals surface area contributed by atoms with Crippen LogP contribution in [0.5, 0.6) is 5.75 Å². The van der Waals surface area contributed by atoms with E-state index in [0.29, 0.717) is 5.56 Å². The Labute approximate surface area is 136 Å². The van der Waals surface area contributed by atoms with Gasteiger partial charge in [-0.1, -0.05) is 6.07 Å². The van der Waals surface area contributed by atoms with Crippen LogP contribution < -0.4 is 10.1 Å². The molecule has 0 bridgehead atoms. The molecule has 0 aromatic heterocycles. The molecule has 1 aliphatic rings. The van der Waals surface area contributed by atoms with Crippen molar-refractivity contribution in [3.63, 3.8) is 0 Å². The first-order chi connectivity index (χ1) is 11.3. The molecule has 1 aromatic carbocycles. The van der Waals surface area contributed by atoms with E-state index in [-0.39, 0.29) is 25.4 Å². The first-order valence-corrected chi connectivity index (χ1v) is 7.24. The Morgan fingerprint density at radius 1 is 1.46 bits per heavy atom. The zero-order valence-corrected chi connectivity index (χ0v) is 12.8. The lowest BCUT2D eigenvalue weighted by Gasteiger charge is -2.22. The number of carbonyl (C=O) groups is 2. The Morgan fingerprint density at radius 3 is 2.75 bits per heavy atom. The average Bonchev–Trinajstić information content (AvgIpc) is 2.89. The van der Waals surface area contributed by atoms with Gasteiger partial charge >= 0.3 is 6.61 Å². The summed E-state index contributed by atoms with van der Waals surface area (Å²) < 4.78 is 41.7. The number of hydrogen-bond acceptors (Lipinski definition) is 4. The third-order valence-corrected chi connectivity index (χ3v) is 3.67. The molecule has 1 heterocycles. The van der Waals surface area contributed by atoms with E-state index in [2.05, 4.69) is 10.1 Å². The number of benzene rings is 1. The van der Waals surface area contributed by atoms with Gasteiger partial charge in [-0.3, -0.25) is 9.59 Å². The molecule has 1 saturated heterocycles. The topological polar surface area (TPSA) is 78.9 Å². The van der Waals surface area contributed by atoms with Crippen molar-refractivity contribution in [2.45, 2.75) is 38.6 Å². The zero-order valence-electron chi connectivity index (χ0n) is 12.8. The van der Waals surface area contributed by atoms with Crippen molar-refractivity contribution in [3.05, 3.63) is 29.6 Å². The van der Waals surface area contributed by atoms with Gasteiger partial charge in [0.1, 0.15) is 6.04 Å². The molecule has 24 heavy (non-hydrogen) atoms. The molecular weight excluding hydrogens is 329 g/mol. The minimum atomic E-state index is -3.13. The number of alkyl halides is 2. The van der Waals surface area contributed by atoms with Crippen molar-refractivity contribution < 1.29 is 32.6 Å². The lowest BCUT2D eigenvalue weighted by Crippen LogP contribution is -2.44. The van der Waals surface area contributed by atoms with E-state index in [1.54, 1.807) is 0 Å². The molecule has 2 atom stereocenters. The van der Waals surface area contributed by atoms with E-state index >= 15 is 0 Å². The van der Waals surface area contributed by atoms with Gasteiger partial charge in [-0.15, -0.1) is 0 Å². The smallest absolute Gasteiger partial charge is 0.387 e. The summed E-state index contributed by atoms with van der Waals surface area (Å²) >= 11 is 0. The Kier molecular flexibility index (Phi) is 5.66. The van der Waals surface area contributed by atoms with Gasteiger partial charge in [0.2, 0.25) is 11.8 Å². The second-order valence-electron chi connectivity index (χ2n) is 5.44. The molecule has 2 rings (SSSR count). The number of carbonyl (C=O) groups excluding carboxylic acids is 2. The van der Waals surface area contributed by atoms with Gasteiger partial charge in [0.05, 0.1) is 6.10 Å². The molecule has 0 spiro atoms. The van der Waals surface area contributed by atoms with Crippen LogP contribution in [0.15, 0.2) is 18.2 Å². The van der Waals surface area contributed by atoms with Crippen molar-refractivity contribution in [2.24, 2.45) is 0 Å². The molecule has 1 fully saturated rings. The third kappa shape index (κ3) is 4.38. The first-order valence-electron chi connectivity index (χ1n) is 7.24. The highest BCUT2D eigenvalue weighted by Gasteiger charge is 2.37. The fourth-order valence-corrected chi connectivity index (χ4v) is 2.56. The summed E-state index contributed by atoms with van der Waals surface area (Å²) in [6.45, 7) is -1.79. The Morgan fingerprint density at radius 2 is 2.17 bits per heavy atom. The van der Waals surface area contributed by atoms with E-state index in [1.807, 2.05) is 0 Å². The summed E-state index contributed by atoms with van der Waals surface area (Å²) in [5.74, 6) is -2.35. The van der Waals surface area contributed by atoms with Crippen molar-refractivity contribution in [1.29, 1.82) is 0 Å². The largest absolute Gasteiger partial charge is 0.432 e. The number of nitrogens with zero attached hydrogens (tertiary/aromatic N) is 1. The maximum atomic E-state index is 13.6. The summed E-state index contributed by atoms with van der Waals surface area (Å²) in [5.41, 5.74) is 0.343. The maximum Gasteiger partial charge on any atom is 0.387 e. The number of aliphatic hydroxyl groups is 1. The van der Waals surface area contributed by atoms with Crippen LogP contribution in [-0.4, -0.2) is 47.1 Å². The van der Waals surface area contributed by atoms with E-state index in [9.17, 15) is 27.9 Å². The standard InChI is InChI=1S/C15H17F3N2O4/c1-8(21)20-7-10(22)5-12(20)14(23)19-6-9-2-3-13(11(16)4-9)24-15(17)18/h2-4,10,12,15,22H,5-7H2,1H3,(H,19,23)/t10-,12-/m1/s1. The Bertz CT molecular complexity index is 627. The first kappa shape index (κ1) is 18.1. The summed E-state index contributed by atoms with van der Waals surface area (Å²) in [4.78, 5) is 24.9. The van der Waals surface area contributed by atoms with E-state index in [0.717, 1.165) is 12.1 Å². The fraction of sp³-hybridized carbons (Fsp3) is 0.467. The van der Waals surface area contributed by atoms with Crippen molar-refractivity contribution in [1.82, 2.24) is 10.2 Å². The quantitative estimate of drug-likeness (QED) is 0.835. The van der Waals surface area contributed by atoms with Crippen molar-refractivity contribution >= 4 is 11.8 Å². The molecule has 0 saturated carbocycles. The lowest BCUT2D eigenvalue weighted by molar-refractivity contribution is -0.137. The third-order valence-electron chi connectivity index (χ3n) is 3.67. The van der Waals surface area contributed by atoms with Crippen LogP contribution in [-0.2, 0) is 16.1 Å². The number of rotatable bonds is 5. The minimum Gasteiger partial charge on any atom is -0.432 e. The molecule has 6 nitrogen and oxygen atoms in total. The summed E-state index contributed by atoms with van der Waals surface area (Å²) in [7, 11) is 0. The van der Waals surface area contributed by atoms with Gasteiger partial charge < -0.3 is 20.1 Å². The Hall–Kier alpha value is -2.29. The van der Waals surface area contributed by atoms with E-state index in [1.165, 1.54) is 17.9 Å². The zero-order chi connectivity index (χ0) is 17.9. The van der Waals surface area contributed by atoms with Crippen molar-refractivity contribution in [3.8, 4) is 5.75 Å². The highest BCUT2D eigenvalue weighted by atomic mass is 19.3. The van der Waals surface area contributed by atoms with Gasteiger partial charge in [-0.2, -0.15) is 8.78 Å². The highest BCUT2D eigenvalue weighted by Crippen LogP contribution is 2.21. The number of aliphatic hydroxyl groups excluding tert-OH is 1. The molecule has 0 unspecified atom stereocenters. The SMILES string of the molecule is CC(=O)N1C[C@H](O)C[C@@H]1C(=O)NCc1ccc(OC(F)F)c(F)c1.